The van der Waals surface area contributed by atoms with Crippen molar-refractivity contribution in [1.82, 2.24) is 20.3 Å². The minimum absolute atomic E-state index is 0.145. The lowest BCUT2D eigenvalue weighted by molar-refractivity contribution is 0.254. The second kappa shape index (κ2) is 10.4. The van der Waals surface area contributed by atoms with Crippen LogP contribution < -0.4 is 15.4 Å². The Bertz CT molecular complexity index is 1690. The molecule has 0 amide bonds. The van der Waals surface area contributed by atoms with Crippen LogP contribution in [0.25, 0.3) is 33.4 Å². The number of aromatic nitrogens is 3. The van der Waals surface area contributed by atoms with Gasteiger partial charge in [-0.15, -0.1) is 0 Å². The summed E-state index contributed by atoms with van der Waals surface area (Å²) >= 11 is 0. The van der Waals surface area contributed by atoms with Crippen LogP contribution in [0.5, 0.6) is 0 Å². The summed E-state index contributed by atoms with van der Waals surface area (Å²) in [7, 11) is -3.85. The van der Waals surface area contributed by atoms with Crippen molar-refractivity contribution in [3.05, 3.63) is 65.6 Å². The van der Waals surface area contributed by atoms with Crippen molar-refractivity contribution in [1.29, 1.82) is 0 Å². The van der Waals surface area contributed by atoms with E-state index in [9.17, 15) is 21.6 Å². The van der Waals surface area contributed by atoms with Gasteiger partial charge in [0.05, 0.1) is 29.4 Å². The van der Waals surface area contributed by atoms with Gasteiger partial charge in [0, 0.05) is 48.3 Å². The van der Waals surface area contributed by atoms with E-state index < -0.39 is 39.3 Å². The number of nitrogens with zero attached hydrogens (tertiary/aromatic N) is 3. The van der Waals surface area contributed by atoms with Crippen molar-refractivity contribution in [3.8, 4) is 22.4 Å². The molecule has 3 heterocycles. The van der Waals surface area contributed by atoms with Crippen molar-refractivity contribution in [2.24, 2.45) is 0 Å². The van der Waals surface area contributed by atoms with Gasteiger partial charge < -0.3 is 10.6 Å². The van der Waals surface area contributed by atoms with Gasteiger partial charge in [0.1, 0.15) is 23.3 Å². The number of benzene rings is 2. The number of hydrogen-bond donors (Lipinski definition) is 3. The molecule has 3 N–H and O–H groups in total. The Kier molecular flexibility index (Phi) is 7.12. The molecule has 2 aromatic heterocycles. The summed E-state index contributed by atoms with van der Waals surface area (Å²) in [5, 5.41) is 6.12. The number of sulfonamides is 1. The zero-order valence-electron chi connectivity index (χ0n) is 20.9. The first-order chi connectivity index (χ1) is 18.5. The molecule has 13 heteroatoms. The van der Waals surface area contributed by atoms with Gasteiger partial charge in [0.2, 0.25) is 16.0 Å². The first-order valence-corrected chi connectivity index (χ1v) is 13.9. The van der Waals surface area contributed by atoms with Gasteiger partial charge in [0.25, 0.3) is 0 Å². The molecule has 204 valence electrons. The standard InChI is InChI=1S/C26H24F4N6O2S/c1-13-7-21(34-22-12-32-26(35-25(13)22)33-16-8-15(28)10-31-11-16)18-5-6-20(36-39(2,37)38)24(30)23(18)17-4-3-14(27)9-19(17)29/h3-7,9,12,15-16,31,36H,8,10-11H2,1-2H3,(H,32,33,35)/t15-,16-/m0/s1. The molecule has 0 bridgehead atoms. The number of piperidine rings is 1. The average molecular weight is 561 g/mol. The van der Waals surface area contributed by atoms with Crippen LogP contribution >= 0.6 is 0 Å². The van der Waals surface area contributed by atoms with E-state index in [0.29, 0.717) is 48.1 Å². The summed E-state index contributed by atoms with van der Waals surface area (Å²) in [6, 6.07) is 6.72. The molecule has 2 atom stereocenters. The summed E-state index contributed by atoms with van der Waals surface area (Å²) in [5.74, 6) is -2.63. The first kappa shape index (κ1) is 26.8. The number of aryl methyl sites for hydroxylation is 1. The first-order valence-electron chi connectivity index (χ1n) is 12.0. The Morgan fingerprint density at radius 1 is 1.03 bits per heavy atom. The van der Waals surface area contributed by atoms with E-state index in [0.717, 1.165) is 18.4 Å². The molecule has 1 aliphatic heterocycles. The van der Waals surface area contributed by atoms with Crippen molar-refractivity contribution in [3.63, 3.8) is 0 Å². The lowest BCUT2D eigenvalue weighted by Crippen LogP contribution is -2.44. The molecule has 0 unspecified atom stereocenters. The lowest BCUT2D eigenvalue weighted by atomic mass is 9.94. The molecule has 1 fully saturated rings. The quantitative estimate of drug-likeness (QED) is 0.297. The van der Waals surface area contributed by atoms with Gasteiger partial charge in [-0.1, -0.05) is 0 Å². The maximum Gasteiger partial charge on any atom is 0.229 e. The maximum atomic E-state index is 15.8. The number of pyridine rings is 1. The highest BCUT2D eigenvalue weighted by Gasteiger charge is 2.24. The molecule has 0 saturated carbocycles. The Hall–Kier alpha value is -3.84. The molecule has 2 aromatic carbocycles. The summed E-state index contributed by atoms with van der Waals surface area (Å²) in [5.41, 5.74) is 0.934. The number of rotatable bonds is 6. The zero-order chi connectivity index (χ0) is 27.9. The fraction of sp³-hybridized carbons (Fsp3) is 0.269. The van der Waals surface area contributed by atoms with Gasteiger partial charge in [-0.3, -0.25) is 4.72 Å². The molecule has 0 radical (unpaired) electrons. The molecular formula is C26H24F4N6O2S. The number of nitrogens with one attached hydrogen (secondary N) is 3. The van der Waals surface area contributed by atoms with Crippen molar-refractivity contribution >= 4 is 32.7 Å². The highest BCUT2D eigenvalue weighted by molar-refractivity contribution is 7.92. The van der Waals surface area contributed by atoms with Crippen LogP contribution in [-0.4, -0.2) is 54.9 Å². The summed E-state index contributed by atoms with van der Waals surface area (Å²) < 4.78 is 83.6. The number of halogens is 4. The molecule has 4 aromatic rings. The molecule has 39 heavy (non-hydrogen) atoms. The van der Waals surface area contributed by atoms with E-state index in [1.165, 1.54) is 18.3 Å². The second-order valence-corrected chi connectivity index (χ2v) is 11.2. The zero-order valence-corrected chi connectivity index (χ0v) is 21.7. The minimum Gasteiger partial charge on any atom is -0.350 e. The monoisotopic (exact) mass is 560 g/mol. The van der Waals surface area contributed by atoms with Crippen LogP contribution in [0.3, 0.4) is 0 Å². The van der Waals surface area contributed by atoms with Gasteiger partial charge in [-0.25, -0.2) is 40.9 Å². The largest absolute Gasteiger partial charge is 0.350 e. The highest BCUT2D eigenvalue weighted by Crippen LogP contribution is 2.39. The third kappa shape index (κ3) is 5.78. The summed E-state index contributed by atoms with van der Waals surface area (Å²) in [6.07, 6.45) is 1.68. The Labute approximate surface area is 222 Å². The number of anilines is 2. The Morgan fingerprint density at radius 2 is 1.79 bits per heavy atom. The fourth-order valence-corrected chi connectivity index (χ4v) is 5.15. The summed E-state index contributed by atoms with van der Waals surface area (Å²) in [6.45, 7) is 2.63. The molecule has 0 aliphatic carbocycles. The smallest absolute Gasteiger partial charge is 0.229 e. The van der Waals surface area contributed by atoms with Crippen LogP contribution in [0.2, 0.25) is 0 Å². The van der Waals surface area contributed by atoms with Crippen LogP contribution in [0, 0.1) is 24.4 Å². The van der Waals surface area contributed by atoms with E-state index in [-0.39, 0.29) is 28.4 Å². The van der Waals surface area contributed by atoms with Crippen LogP contribution in [0.1, 0.15) is 12.0 Å². The van der Waals surface area contributed by atoms with Crippen LogP contribution in [0.4, 0.5) is 29.2 Å². The third-order valence-electron chi connectivity index (χ3n) is 6.28. The van der Waals surface area contributed by atoms with Crippen LogP contribution in [0.15, 0.2) is 42.6 Å². The maximum absolute atomic E-state index is 15.8. The molecule has 1 saturated heterocycles. The topological polar surface area (TPSA) is 109 Å². The minimum atomic E-state index is -3.85. The summed E-state index contributed by atoms with van der Waals surface area (Å²) in [4.78, 5) is 13.4. The Morgan fingerprint density at radius 3 is 2.51 bits per heavy atom. The number of hydrogen-bond acceptors (Lipinski definition) is 7. The van der Waals surface area contributed by atoms with E-state index in [2.05, 4.69) is 30.3 Å². The van der Waals surface area contributed by atoms with Crippen molar-refractivity contribution < 1.29 is 26.0 Å². The van der Waals surface area contributed by atoms with Gasteiger partial charge >= 0.3 is 0 Å². The molecule has 8 nitrogen and oxygen atoms in total. The molecule has 1 aliphatic rings. The average Bonchev–Trinajstić information content (AvgIpc) is 2.85. The predicted octanol–water partition coefficient (Wildman–Crippen LogP) is 4.57. The predicted molar refractivity (Wildman–Crippen MR) is 141 cm³/mol. The fourth-order valence-electron chi connectivity index (χ4n) is 4.60. The molecular weight excluding hydrogens is 536 g/mol. The second-order valence-electron chi connectivity index (χ2n) is 9.43. The normalized spacial score (nSPS) is 17.8. The van der Waals surface area contributed by atoms with Gasteiger partial charge in [-0.2, -0.15) is 0 Å². The van der Waals surface area contributed by atoms with E-state index in [4.69, 9.17) is 0 Å². The lowest BCUT2D eigenvalue weighted by Gasteiger charge is -2.26. The highest BCUT2D eigenvalue weighted by atomic mass is 32.2. The van der Waals surface area contributed by atoms with Crippen molar-refractivity contribution in [2.75, 3.05) is 29.4 Å². The third-order valence-corrected chi connectivity index (χ3v) is 6.87. The van der Waals surface area contributed by atoms with Gasteiger partial charge in [-0.05, 0) is 42.8 Å². The van der Waals surface area contributed by atoms with E-state index in [1.54, 1.807) is 13.0 Å². The SMILES string of the molecule is Cc1cc(-c2ccc(NS(C)(=O)=O)c(F)c2-c2ccc(F)cc2F)nc2cnc(N[C@@H]3CNC[C@@H](F)C3)nc12. The van der Waals surface area contributed by atoms with E-state index >= 15 is 4.39 Å². The Balaban J connectivity index is 1.61. The van der Waals surface area contributed by atoms with Gasteiger partial charge in [0.15, 0.2) is 5.82 Å². The molecule has 0 spiro atoms. The van der Waals surface area contributed by atoms with Crippen LogP contribution in [-0.2, 0) is 10.0 Å². The number of alkyl halides is 1. The van der Waals surface area contributed by atoms with E-state index in [1.807, 2.05) is 0 Å². The molecule has 5 rings (SSSR count). The van der Waals surface area contributed by atoms with Crippen molar-refractivity contribution in [2.45, 2.75) is 25.6 Å². The number of fused-ring (bicyclic) bond motifs is 1.